The van der Waals surface area contributed by atoms with Gasteiger partial charge in [0, 0.05) is 12.6 Å². The SMILES string of the molecule is CC(COc1ccc(O)c(C(N)=O)c1)NCC(O)c1ccc(O)c(C(N)=O)c1. The van der Waals surface area contributed by atoms with Crippen molar-refractivity contribution < 1.29 is 29.6 Å². The number of ether oxygens (including phenoxy) is 1. The number of aliphatic hydroxyl groups excluding tert-OH is 1. The van der Waals surface area contributed by atoms with Gasteiger partial charge >= 0.3 is 0 Å². The summed E-state index contributed by atoms with van der Waals surface area (Å²) < 4.78 is 5.56. The minimum absolute atomic E-state index is 0.0360. The summed E-state index contributed by atoms with van der Waals surface area (Å²) in [6.45, 7) is 2.21. The molecule has 8 N–H and O–H groups in total. The highest BCUT2D eigenvalue weighted by Gasteiger charge is 2.15. The predicted molar refractivity (Wildman–Crippen MR) is 101 cm³/mol. The van der Waals surface area contributed by atoms with Crippen LogP contribution in [-0.4, -0.2) is 46.3 Å². The van der Waals surface area contributed by atoms with Crippen molar-refractivity contribution in [2.75, 3.05) is 13.2 Å². The van der Waals surface area contributed by atoms with Gasteiger partial charge < -0.3 is 36.8 Å². The molecule has 2 atom stereocenters. The number of amides is 2. The molecule has 0 heterocycles. The summed E-state index contributed by atoms with van der Waals surface area (Å²) in [5.41, 5.74) is 10.7. The molecule has 9 heteroatoms. The van der Waals surface area contributed by atoms with Crippen LogP contribution in [0.3, 0.4) is 0 Å². The van der Waals surface area contributed by atoms with E-state index in [0.29, 0.717) is 11.3 Å². The highest BCUT2D eigenvalue weighted by Crippen LogP contribution is 2.23. The van der Waals surface area contributed by atoms with Crippen LogP contribution >= 0.6 is 0 Å². The van der Waals surface area contributed by atoms with Crippen LogP contribution < -0.4 is 21.5 Å². The summed E-state index contributed by atoms with van der Waals surface area (Å²) >= 11 is 0. The summed E-state index contributed by atoms with van der Waals surface area (Å²) in [6.07, 6.45) is -0.934. The molecule has 0 saturated heterocycles. The quantitative estimate of drug-likeness (QED) is 0.360. The van der Waals surface area contributed by atoms with Crippen LogP contribution in [0.15, 0.2) is 36.4 Å². The van der Waals surface area contributed by atoms with Gasteiger partial charge in [-0.1, -0.05) is 6.07 Å². The number of nitrogens with one attached hydrogen (secondary N) is 1. The Morgan fingerprint density at radius 3 is 2.21 bits per heavy atom. The molecule has 2 amide bonds. The molecular formula is C19H23N3O6. The van der Waals surface area contributed by atoms with Gasteiger partial charge in [0.15, 0.2) is 0 Å². The number of carbonyl (C=O) groups is 2. The van der Waals surface area contributed by atoms with Gasteiger partial charge in [0.05, 0.1) is 17.2 Å². The molecule has 2 aromatic rings. The number of phenols is 2. The second kappa shape index (κ2) is 9.07. The Hall–Kier alpha value is -3.30. The van der Waals surface area contributed by atoms with Crippen LogP contribution in [0, 0.1) is 0 Å². The maximum atomic E-state index is 11.3. The fraction of sp³-hybridized carbons (Fsp3) is 0.263. The van der Waals surface area contributed by atoms with Gasteiger partial charge in [0.2, 0.25) is 0 Å². The molecule has 2 rings (SSSR count). The Bertz CT molecular complexity index is 871. The van der Waals surface area contributed by atoms with Crippen molar-refractivity contribution in [2.45, 2.75) is 19.1 Å². The first-order chi connectivity index (χ1) is 13.2. The molecule has 9 nitrogen and oxygen atoms in total. The monoisotopic (exact) mass is 389 g/mol. The number of rotatable bonds is 9. The number of benzene rings is 2. The number of carbonyl (C=O) groups excluding carboxylic acids is 2. The van der Waals surface area contributed by atoms with Crippen molar-refractivity contribution >= 4 is 11.8 Å². The molecule has 0 spiro atoms. The largest absolute Gasteiger partial charge is 0.507 e. The van der Waals surface area contributed by atoms with E-state index in [-0.39, 0.29) is 41.8 Å². The minimum atomic E-state index is -0.934. The number of aliphatic hydroxyl groups is 1. The number of aromatic hydroxyl groups is 2. The standard InChI is InChI=1S/C19H23N3O6/c1-10(9-28-12-3-5-16(24)14(7-12)19(21)27)22-8-17(25)11-2-4-15(23)13(6-11)18(20)26/h2-7,10,17,22-25H,8-9H2,1H3,(H2,20,26)(H2,21,27). The second-order valence-corrected chi connectivity index (χ2v) is 6.32. The van der Waals surface area contributed by atoms with Crippen LogP contribution in [0.5, 0.6) is 17.2 Å². The third kappa shape index (κ3) is 5.35. The number of primary amides is 2. The lowest BCUT2D eigenvalue weighted by Gasteiger charge is -2.18. The van der Waals surface area contributed by atoms with E-state index in [9.17, 15) is 24.9 Å². The molecule has 28 heavy (non-hydrogen) atoms. The summed E-state index contributed by atoms with van der Waals surface area (Å²) in [5.74, 6) is -1.65. The first kappa shape index (κ1) is 21.0. The van der Waals surface area contributed by atoms with E-state index in [1.165, 1.54) is 36.4 Å². The molecular weight excluding hydrogens is 366 g/mol. The fourth-order valence-corrected chi connectivity index (χ4v) is 2.47. The molecule has 0 saturated carbocycles. The molecule has 0 aliphatic rings. The molecule has 0 bridgehead atoms. The van der Waals surface area contributed by atoms with E-state index in [0.717, 1.165) is 0 Å². The van der Waals surface area contributed by atoms with Crippen LogP contribution in [0.2, 0.25) is 0 Å². The van der Waals surface area contributed by atoms with Crippen LogP contribution in [0.25, 0.3) is 0 Å². The third-order valence-corrected chi connectivity index (χ3v) is 4.06. The second-order valence-electron chi connectivity index (χ2n) is 6.32. The molecule has 0 fully saturated rings. The van der Waals surface area contributed by atoms with E-state index in [4.69, 9.17) is 16.2 Å². The Labute approximate surface area is 161 Å². The number of hydrogen-bond donors (Lipinski definition) is 6. The first-order valence-corrected chi connectivity index (χ1v) is 8.48. The van der Waals surface area contributed by atoms with Gasteiger partial charge in [-0.15, -0.1) is 0 Å². The van der Waals surface area contributed by atoms with E-state index < -0.39 is 17.9 Å². The predicted octanol–water partition coefficient (Wildman–Crippen LogP) is 0.386. The molecule has 0 radical (unpaired) electrons. The van der Waals surface area contributed by atoms with Gasteiger partial charge in [0.25, 0.3) is 11.8 Å². The van der Waals surface area contributed by atoms with Crippen molar-refractivity contribution in [2.24, 2.45) is 11.5 Å². The van der Waals surface area contributed by atoms with Crippen molar-refractivity contribution in [3.05, 3.63) is 53.1 Å². The van der Waals surface area contributed by atoms with Crippen LogP contribution in [-0.2, 0) is 0 Å². The highest BCUT2D eigenvalue weighted by molar-refractivity contribution is 5.96. The minimum Gasteiger partial charge on any atom is -0.507 e. The van der Waals surface area contributed by atoms with E-state index in [1.807, 2.05) is 6.92 Å². The highest BCUT2D eigenvalue weighted by atomic mass is 16.5. The Morgan fingerprint density at radius 2 is 1.61 bits per heavy atom. The van der Waals surface area contributed by atoms with E-state index >= 15 is 0 Å². The smallest absolute Gasteiger partial charge is 0.252 e. The lowest BCUT2D eigenvalue weighted by molar-refractivity contribution is 0.0988. The lowest BCUT2D eigenvalue weighted by atomic mass is 10.0. The summed E-state index contributed by atoms with van der Waals surface area (Å²) in [5, 5.41) is 32.5. The molecule has 0 aliphatic carbocycles. The zero-order valence-corrected chi connectivity index (χ0v) is 15.3. The molecule has 2 unspecified atom stereocenters. The van der Waals surface area contributed by atoms with E-state index in [1.54, 1.807) is 0 Å². The summed E-state index contributed by atoms with van der Waals surface area (Å²) in [7, 11) is 0. The zero-order chi connectivity index (χ0) is 20.8. The third-order valence-electron chi connectivity index (χ3n) is 4.06. The summed E-state index contributed by atoms with van der Waals surface area (Å²) in [6, 6.07) is 8.13. The fourth-order valence-electron chi connectivity index (χ4n) is 2.47. The van der Waals surface area contributed by atoms with Crippen molar-refractivity contribution in [1.82, 2.24) is 5.32 Å². The van der Waals surface area contributed by atoms with Crippen molar-refractivity contribution in [3.63, 3.8) is 0 Å². The van der Waals surface area contributed by atoms with Crippen molar-refractivity contribution in [1.29, 1.82) is 0 Å². The van der Waals surface area contributed by atoms with Gasteiger partial charge in [-0.05, 0) is 42.8 Å². The van der Waals surface area contributed by atoms with Gasteiger partial charge in [-0.25, -0.2) is 0 Å². The van der Waals surface area contributed by atoms with Crippen LogP contribution in [0.1, 0.15) is 39.3 Å². The Morgan fingerprint density at radius 1 is 1.04 bits per heavy atom. The molecule has 150 valence electrons. The lowest BCUT2D eigenvalue weighted by Crippen LogP contribution is -2.35. The van der Waals surface area contributed by atoms with Gasteiger partial charge in [0.1, 0.15) is 23.9 Å². The van der Waals surface area contributed by atoms with Crippen molar-refractivity contribution in [3.8, 4) is 17.2 Å². The number of hydrogen-bond acceptors (Lipinski definition) is 7. The zero-order valence-electron chi connectivity index (χ0n) is 15.3. The average molecular weight is 389 g/mol. The average Bonchev–Trinajstić information content (AvgIpc) is 2.65. The Kier molecular flexibility index (Phi) is 6.80. The van der Waals surface area contributed by atoms with Gasteiger partial charge in [-0.2, -0.15) is 0 Å². The number of nitrogens with two attached hydrogens (primary N) is 2. The molecule has 0 aliphatic heterocycles. The maximum Gasteiger partial charge on any atom is 0.252 e. The molecule has 2 aromatic carbocycles. The molecule has 0 aromatic heterocycles. The Balaban J connectivity index is 1.89. The summed E-state index contributed by atoms with van der Waals surface area (Å²) in [4.78, 5) is 22.5. The van der Waals surface area contributed by atoms with Crippen LogP contribution in [0.4, 0.5) is 0 Å². The van der Waals surface area contributed by atoms with E-state index in [2.05, 4.69) is 5.32 Å². The topological polar surface area (TPSA) is 168 Å². The first-order valence-electron chi connectivity index (χ1n) is 8.48. The maximum absolute atomic E-state index is 11.3. The normalized spacial score (nSPS) is 12.9. The van der Waals surface area contributed by atoms with Gasteiger partial charge in [-0.3, -0.25) is 9.59 Å².